The van der Waals surface area contributed by atoms with Crippen LogP contribution in [0.1, 0.15) is 34.1 Å². The van der Waals surface area contributed by atoms with Gasteiger partial charge in [0.2, 0.25) is 0 Å². The molecule has 1 N–H and O–H groups in total. The van der Waals surface area contributed by atoms with Crippen molar-refractivity contribution >= 4 is 0 Å². The molecule has 0 amide bonds. The van der Waals surface area contributed by atoms with E-state index in [4.69, 9.17) is 4.74 Å². The maximum Gasteiger partial charge on any atom is 0.0738 e. The Hall–Kier alpha value is -0.0800. The summed E-state index contributed by atoms with van der Waals surface area (Å²) in [5, 5.41) is 3.43. The van der Waals surface area contributed by atoms with Crippen LogP contribution in [0.2, 0.25) is 0 Å². The van der Waals surface area contributed by atoms with Gasteiger partial charge in [-0.05, 0) is 18.9 Å². The van der Waals surface area contributed by atoms with Gasteiger partial charge in [-0.15, -0.1) is 0 Å². The van der Waals surface area contributed by atoms with Crippen molar-refractivity contribution in [1.29, 1.82) is 0 Å². The summed E-state index contributed by atoms with van der Waals surface area (Å²) in [7, 11) is 1.80. The topological polar surface area (TPSA) is 21.3 Å². The van der Waals surface area contributed by atoms with E-state index < -0.39 is 0 Å². The predicted molar refractivity (Wildman–Crippen MR) is 53.4 cm³/mol. The van der Waals surface area contributed by atoms with E-state index in [2.05, 4.69) is 19.2 Å². The molecule has 2 nitrogen and oxygen atoms in total. The van der Waals surface area contributed by atoms with Crippen LogP contribution < -0.4 is 5.32 Å². The molecule has 0 aliphatic carbocycles. The Kier molecular flexibility index (Phi) is 6.39. The molecule has 0 aromatic heterocycles. The average Bonchev–Trinajstić information content (AvgIpc) is 2.55. The monoisotopic (exact) mass is 173 g/mol. The molecule has 12 heavy (non-hydrogen) atoms. The third-order valence-corrected chi connectivity index (χ3v) is 2.23. The zero-order valence-electron chi connectivity index (χ0n) is 9.05. The van der Waals surface area contributed by atoms with E-state index >= 15 is 0 Å². The third kappa shape index (κ3) is 3.11. The standard InChI is InChI=1S/C8H17NO.C2H6/c1-6(2)8-7(10-3)4-5-9-8;1-2/h6-9H,4-5H2,1-3H3;1-2H3. The molecule has 1 saturated heterocycles. The van der Waals surface area contributed by atoms with Crippen molar-refractivity contribution in [3.63, 3.8) is 0 Å². The van der Waals surface area contributed by atoms with E-state index in [0.29, 0.717) is 18.1 Å². The van der Waals surface area contributed by atoms with Crippen molar-refractivity contribution in [3.05, 3.63) is 0 Å². The van der Waals surface area contributed by atoms with Crippen LogP contribution in [-0.4, -0.2) is 25.8 Å². The molecular weight excluding hydrogens is 150 g/mol. The van der Waals surface area contributed by atoms with Crippen molar-refractivity contribution in [1.82, 2.24) is 5.32 Å². The minimum Gasteiger partial charge on any atom is -0.380 e. The Balaban J connectivity index is 0.000000561. The highest BCUT2D eigenvalue weighted by atomic mass is 16.5. The third-order valence-electron chi connectivity index (χ3n) is 2.23. The predicted octanol–water partition coefficient (Wildman–Crippen LogP) is 2.05. The molecule has 0 saturated carbocycles. The van der Waals surface area contributed by atoms with E-state index in [1.54, 1.807) is 7.11 Å². The lowest BCUT2D eigenvalue weighted by Crippen LogP contribution is -2.36. The molecule has 1 aliphatic heterocycles. The average molecular weight is 173 g/mol. The summed E-state index contributed by atoms with van der Waals surface area (Å²) in [6.07, 6.45) is 1.61. The van der Waals surface area contributed by atoms with Crippen molar-refractivity contribution < 1.29 is 4.74 Å². The van der Waals surface area contributed by atoms with Gasteiger partial charge in [0.15, 0.2) is 0 Å². The zero-order chi connectivity index (χ0) is 9.56. The minimum absolute atomic E-state index is 0.444. The molecule has 0 aromatic carbocycles. The molecule has 0 bridgehead atoms. The molecule has 2 unspecified atom stereocenters. The van der Waals surface area contributed by atoms with Crippen LogP contribution in [0.25, 0.3) is 0 Å². The Morgan fingerprint density at radius 3 is 2.25 bits per heavy atom. The van der Waals surface area contributed by atoms with E-state index in [0.717, 1.165) is 6.54 Å². The number of ether oxygens (including phenoxy) is 1. The lowest BCUT2D eigenvalue weighted by Gasteiger charge is -2.21. The second kappa shape index (κ2) is 6.44. The normalized spacial score (nSPS) is 28.5. The van der Waals surface area contributed by atoms with Gasteiger partial charge < -0.3 is 10.1 Å². The molecule has 0 radical (unpaired) electrons. The van der Waals surface area contributed by atoms with Gasteiger partial charge in [-0.25, -0.2) is 0 Å². The Labute approximate surface area is 76.7 Å². The first-order chi connectivity index (χ1) is 5.75. The van der Waals surface area contributed by atoms with Crippen LogP contribution in [0.3, 0.4) is 0 Å². The number of hydrogen-bond donors (Lipinski definition) is 1. The first kappa shape index (κ1) is 11.9. The molecule has 2 atom stereocenters. The molecule has 1 rings (SSSR count). The van der Waals surface area contributed by atoms with Crippen molar-refractivity contribution in [2.45, 2.75) is 46.3 Å². The smallest absolute Gasteiger partial charge is 0.0738 e. The molecule has 0 aromatic rings. The molecule has 2 heteroatoms. The summed E-state index contributed by atoms with van der Waals surface area (Å²) in [6, 6.07) is 0.574. The second-order valence-corrected chi connectivity index (χ2v) is 3.29. The Bertz CT molecular complexity index is 104. The van der Waals surface area contributed by atoms with Gasteiger partial charge in [-0.2, -0.15) is 0 Å². The maximum atomic E-state index is 5.32. The fraction of sp³-hybridized carbons (Fsp3) is 1.00. The SMILES string of the molecule is CC.COC1CCNC1C(C)C. The quantitative estimate of drug-likeness (QED) is 0.690. The van der Waals surface area contributed by atoms with Gasteiger partial charge in [-0.3, -0.25) is 0 Å². The summed E-state index contributed by atoms with van der Waals surface area (Å²) >= 11 is 0. The number of nitrogens with one attached hydrogen (secondary N) is 1. The van der Waals surface area contributed by atoms with Gasteiger partial charge in [0, 0.05) is 13.2 Å². The van der Waals surface area contributed by atoms with Crippen molar-refractivity contribution in [2.24, 2.45) is 5.92 Å². The van der Waals surface area contributed by atoms with Gasteiger partial charge in [-0.1, -0.05) is 27.7 Å². The summed E-state index contributed by atoms with van der Waals surface area (Å²) in [5.74, 6) is 0.687. The fourth-order valence-corrected chi connectivity index (χ4v) is 1.63. The first-order valence-corrected chi connectivity index (χ1v) is 5.02. The van der Waals surface area contributed by atoms with Crippen LogP contribution in [0, 0.1) is 5.92 Å². The highest BCUT2D eigenvalue weighted by molar-refractivity contribution is 4.86. The van der Waals surface area contributed by atoms with Gasteiger partial charge in [0.05, 0.1) is 6.10 Å². The summed E-state index contributed by atoms with van der Waals surface area (Å²) < 4.78 is 5.32. The molecule has 0 spiro atoms. The minimum atomic E-state index is 0.444. The van der Waals surface area contributed by atoms with Crippen LogP contribution in [0.4, 0.5) is 0 Å². The Morgan fingerprint density at radius 1 is 1.33 bits per heavy atom. The summed E-state index contributed by atoms with van der Waals surface area (Å²) in [4.78, 5) is 0. The number of methoxy groups -OCH3 is 1. The molecule has 1 aliphatic rings. The van der Waals surface area contributed by atoms with Crippen LogP contribution in [-0.2, 0) is 4.74 Å². The van der Waals surface area contributed by atoms with Crippen LogP contribution in [0.5, 0.6) is 0 Å². The fourth-order valence-electron chi connectivity index (χ4n) is 1.63. The number of rotatable bonds is 2. The Morgan fingerprint density at radius 2 is 1.92 bits per heavy atom. The first-order valence-electron chi connectivity index (χ1n) is 5.02. The highest BCUT2D eigenvalue weighted by Crippen LogP contribution is 2.16. The van der Waals surface area contributed by atoms with Gasteiger partial charge in [0.1, 0.15) is 0 Å². The molecule has 1 heterocycles. The summed E-state index contributed by atoms with van der Waals surface area (Å²) in [6.45, 7) is 9.57. The number of hydrogen-bond acceptors (Lipinski definition) is 2. The van der Waals surface area contributed by atoms with Crippen molar-refractivity contribution in [3.8, 4) is 0 Å². The second-order valence-electron chi connectivity index (χ2n) is 3.29. The van der Waals surface area contributed by atoms with E-state index in [1.807, 2.05) is 13.8 Å². The van der Waals surface area contributed by atoms with E-state index in [1.165, 1.54) is 6.42 Å². The van der Waals surface area contributed by atoms with Crippen LogP contribution >= 0.6 is 0 Å². The maximum absolute atomic E-state index is 5.32. The van der Waals surface area contributed by atoms with Gasteiger partial charge >= 0.3 is 0 Å². The zero-order valence-corrected chi connectivity index (χ0v) is 9.05. The molecule has 1 fully saturated rings. The lowest BCUT2D eigenvalue weighted by molar-refractivity contribution is 0.0785. The highest BCUT2D eigenvalue weighted by Gasteiger charge is 2.28. The van der Waals surface area contributed by atoms with Crippen LogP contribution in [0.15, 0.2) is 0 Å². The lowest BCUT2D eigenvalue weighted by atomic mass is 10.0. The van der Waals surface area contributed by atoms with Crippen molar-refractivity contribution in [2.75, 3.05) is 13.7 Å². The molecule has 74 valence electrons. The molecular formula is C10H23NO. The summed E-state index contributed by atoms with van der Waals surface area (Å²) in [5.41, 5.74) is 0. The largest absolute Gasteiger partial charge is 0.380 e. The van der Waals surface area contributed by atoms with Gasteiger partial charge in [0.25, 0.3) is 0 Å². The van der Waals surface area contributed by atoms with E-state index in [9.17, 15) is 0 Å². The van der Waals surface area contributed by atoms with E-state index in [-0.39, 0.29) is 0 Å².